The van der Waals surface area contributed by atoms with E-state index in [2.05, 4.69) is 5.32 Å². The third-order valence-electron chi connectivity index (χ3n) is 6.84. The maximum atomic E-state index is 13.1. The van der Waals surface area contributed by atoms with Crippen LogP contribution in [0.5, 0.6) is 11.5 Å². The minimum absolute atomic E-state index is 0.0745. The molecule has 5 rings (SSSR count). The number of Topliss-reactive ketones (excluding diaryl/α,β-unsaturated/α-hetero) is 2. The van der Waals surface area contributed by atoms with Gasteiger partial charge in [0.2, 0.25) is 0 Å². The van der Waals surface area contributed by atoms with Gasteiger partial charge in [-0.05, 0) is 62.4 Å². The molecule has 5 nitrogen and oxygen atoms in total. The Kier molecular flexibility index (Phi) is 7.34. The molecule has 36 heavy (non-hydrogen) atoms. The van der Waals surface area contributed by atoms with Gasteiger partial charge in [0.1, 0.15) is 6.61 Å². The SMILES string of the molecule is CCOc1cc(C2C3=C(CCCC3=O)NC3=C2C(=O)CCC3)cc(Cl)c1OCc1ccc(Cl)cc1Cl. The first-order valence-electron chi connectivity index (χ1n) is 12.2. The van der Waals surface area contributed by atoms with Crippen LogP contribution in [0.1, 0.15) is 62.5 Å². The van der Waals surface area contributed by atoms with Crippen molar-refractivity contribution in [1.29, 1.82) is 0 Å². The van der Waals surface area contributed by atoms with E-state index in [1.807, 2.05) is 13.0 Å². The number of nitrogens with one attached hydrogen (secondary N) is 1. The van der Waals surface area contributed by atoms with Crippen molar-refractivity contribution in [3.63, 3.8) is 0 Å². The predicted molar refractivity (Wildman–Crippen MR) is 141 cm³/mol. The number of benzene rings is 2. The van der Waals surface area contributed by atoms with E-state index in [-0.39, 0.29) is 18.2 Å². The number of ether oxygens (including phenoxy) is 2. The first kappa shape index (κ1) is 25.2. The fourth-order valence-electron chi connectivity index (χ4n) is 5.26. The van der Waals surface area contributed by atoms with E-state index >= 15 is 0 Å². The molecule has 0 bridgehead atoms. The summed E-state index contributed by atoms with van der Waals surface area (Å²) in [6, 6.07) is 8.84. The number of allylic oxidation sites excluding steroid dienone is 4. The second-order valence-corrected chi connectivity index (χ2v) is 10.4. The Balaban J connectivity index is 1.57. The lowest BCUT2D eigenvalue weighted by Crippen LogP contribution is -2.36. The molecule has 0 amide bonds. The van der Waals surface area contributed by atoms with Crippen LogP contribution in [0.3, 0.4) is 0 Å². The Labute approximate surface area is 225 Å². The van der Waals surface area contributed by atoms with E-state index in [0.717, 1.165) is 48.2 Å². The van der Waals surface area contributed by atoms with Gasteiger partial charge in [-0.3, -0.25) is 9.59 Å². The van der Waals surface area contributed by atoms with E-state index in [1.165, 1.54) is 0 Å². The van der Waals surface area contributed by atoms with Crippen LogP contribution in [0.2, 0.25) is 15.1 Å². The zero-order valence-corrected chi connectivity index (χ0v) is 22.2. The lowest BCUT2D eigenvalue weighted by Gasteiger charge is -2.37. The molecular weight excluding hydrogens is 521 g/mol. The van der Waals surface area contributed by atoms with Gasteiger partial charge in [0, 0.05) is 56.9 Å². The first-order valence-corrected chi connectivity index (χ1v) is 13.3. The van der Waals surface area contributed by atoms with Gasteiger partial charge in [0.25, 0.3) is 0 Å². The lowest BCUT2D eigenvalue weighted by molar-refractivity contribution is -0.116. The van der Waals surface area contributed by atoms with E-state index in [4.69, 9.17) is 44.3 Å². The molecule has 2 aliphatic carbocycles. The smallest absolute Gasteiger partial charge is 0.180 e. The van der Waals surface area contributed by atoms with Crippen molar-refractivity contribution in [3.8, 4) is 11.5 Å². The molecule has 188 valence electrons. The second kappa shape index (κ2) is 10.5. The minimum Gasteiger partial charge on any atom is -0.490 e. The van der Waals surface area contributed by atoms with Crippen LogP contribution in [0.15, 0.2) is 52.9 Å². The number of hydrogen-bond acceptors (Lipinski definition) is 5. The monoisotopic (exact) mass is 545 g/mol. The summed E-state index contributed by atoms with van der Waals surface area (Å²) >= 11 is 19.1. The van der Waals surface area contributed by atoms with Gasteiger partial charge < -0.3 is 14.8 Å². The normalized spacial score (nSPS) is 18.1. The van der Waals surface area contributed by atoms with Gasteiger partial charge in [0.15, 0.2) is 23.1 Å². The van der Waals surface area contributed by atoms with Gasteiger partial charge in [-0.25, -0.2) is 0 Å². The van der Waals surface area contributed by atoms with E-state index in [1.54, 1.807) is 24.3 Å². The van der Waals surface area contributed by atoms with Crippen molar-refractivity contribution >= 4 is 46.4 Å². The summed E-state index contributed by atoms with van der Waals surface area (Å²) in [5.74, 6) is 0.527. The van der Waals surface area contributed by atoms with Crippen molar-refractivity contribution in [2.75, 3.05) is 6.61 Å². The van der Waals surface area contributed by atoms with Gasteiger partial charge in [-0.15, -0.1) is 0 Å². The average molecular weight is 547 g/mol. The van der Waals surface area contributed by atoms with Crippen molar-refractivity contribution in [1.82, 2.24) is 5.32 Å². The van der Waals surface area contributed by atoms with Crippen molar-refractivity contribution < 1.29 is 19.1 Å². The molecule has 1 N–H and O–H groups in total. The highest BCUT2D eigenvalue weighted by atomic mass is 35.5. The third-order valence-corrected chi connectivity index (χ3v) is 7.71. The molecule has 2 aromatic carbocycles. The number of dihydropyridines is 1. The largest absolute Gasteiger partial charge is 0.490 e. The third kappa shape index (κ3) is 4.77. The molecule has 1 aliphatic heterocycles. The summed E-state index contributed by atoms with van der Waals surface area (Å²) in [6.45, 7) is 2.44. The average Bonchev–Trinajstić information content (AvgIpc) is 2.84. The minimum atomic E-state index is -0.465. The van der Waals surface area contributed by atoms with Crippen LogP contribution in [-0.2, 0) is 16.2 Å². The summed E-state index contributed by atoms with van der Waals surface area (Å²) in [5, 5.41) is 4.82. The molecule has 3 aliphatic rings. The summed E-state index contributed by atoms with van der Waals surface area (Å²) in [4.78, 5) is 26.3. The van der Waals surface area contributed by atoms with Gasteiger partial charge in [0.05, 0.1) is 11.6 Å². The number of hydrogen-bond donors (Lipinski definition) is 1. The van der Waals surface area contributed by atoms with Gasteiger partial charge in [-0.2, -0.15) is 0 Å². The number of rotatable bonds is 6. The summed E-state index contributed by atoms with van der Waals surface area (Å²) in [7, 11) is 0. The topological polar surface area (TPSA) is 64.6 Å². The highest BCUT2D eigenvalue weighted by molar-refractivity contribution is 6.35. The molecule has 0 atom stereocenters. The predicted octanol–water partition coefficient (Wildman–Crippen LogP) is 7.33. The molecule has 0 radical (unpaired) electrons. The fraction of sp³-hybridized carbons (Fsp3) is 0.357. The summed E-state index contributed by atoms with van der Waals surface area (Å²) in [5.41, 5.74) is 4.72. The Morgan fingerprint density at radius 3 is 2.14 bits per heavy atom. The Morgan fingerprint density at radius 1 is 0.861 bits per heavy atom. The molecule has 0 saturated heterocycles. The molecule has 0 spiro atoms. The summed E-state index contributed by atoms with van der Waals surface area (Å²) < 4.78 is 12.0. The van der Waals surface area contributed by atoms with Gasteiger partial charge in [-0.1, -0.05) is 40.9 Å². The van der Waals surface area contributed by atoms with Crippen LogP contribution in [0, 0.1) is 0 Å². The maximum Gasteiger partial charge on any atom is 0.180 e. The molecule has 0 fully saturated rings. The second-order valence-electron chi connectivity index (χ2n) is 9.18. The van der Waals surface area contributed by atoms with Crippen LogP contribution in [-0.4, -0.2) is 18.2 Å². The maximum absolute atomic E-state index is 13.1. The van der Waals surface area contributed by atoms with Crippen molar-refractivity contribution in [2.24, 2.45) is 0 Å². The van der Waals surface area contributed by atoms with E-state index < -0.39 is 5.92 Å². The number of ketones is 2. The van der Waals surface area contributed by atoms with Gasteiger partial charge >= 0.3 is 0 Å². The fourth-order valence-corrected chi connectivity index (χ4v) is 6.00. The molecule has 0 saturated carbocycles. The summed E-state index contributed by atoms with van der Waals surface area (Å²) in [6.07, 6.45) is 4.14. The quantitative estimate of drug-likeness (QED) is 0.411. The molecular formula is C28H26Cl3NO4. The molecule has 8 heteroatoms. The van der Waals surface area contributed by atoms with E-state index in [9.17, 15) is 9.59 Å². The molecule has 1 heterocycles. The Morgan fingerprint density at radius 2 is 1.53 bits per heavy atom. The Bertz CT molecular complexity index is 1270. The van der Waals surface area contributed by atoms with Crippen LogP contribution < -0.4 is 14.8 Å². The number of halogens is 3. The highest BCUT2D eigenvalue weighted by Crippen LogP contribution is 2.48. The lowest BCUT2D eigenvalue weighted by atomic mass is 9.71. The number of carbonyl (C=O) groups is 2. The zero-order valence-electron chi connectivity index (χ0n) is 19.9. The zero-order chi connectivity index (χ0) is 25.4. The van der Waals surface area contributed by atoms with Crippen molar-refractivity contribution in [2.45, 2.75) is 58.0 Å². The highest BCUT2D eigenvalue weighted by Gasteiger charge is 2.40. The molecule has 0 unspecified atom stereocenters. The standard InChI is InChI=1S/C28H26Cl3NO4/c1-2-35-24-12-16(11-19(31)28(24)36-14-15-9-10-17(29)13-18(15)30)25-26-20(5-3-7-22(26)33)32-21-6-4-8-23(34)27(21)25/h9-13,25,32H,2-8,14H2,1H3. The van der Waals surface area contributed by atoms with Crippen LogP contribution in [0.25, 0.3) is 0 Å². The molecule has 2 aromatic rings. The first-order chi connectivity index (χ1) is 17.4. The van der Waals surface area contributed by atoms with E-state index in [0.29, 0.717) is 57.2 Å². The Hall–Kier alpha value is -2.47. The van der Waals surface area contributed by atoms with Crippen molar-refractivity contribution in [3.05, 3.63) is 79.1 Å². The van der Waals surface area contributed by atoms with Crippen LogP contribution >= 0.6 is 34.8 Å². The molecule has 0 aromatic heterocycles. The number of carbonyl (C=O) groups excluding carboxylic acids is 2. The van der Waals surface area contributed by atoms with Crippen LogP contribution in [0.4, 0.5) is 0 Å².